The zero-order valence-corrected chi connectivity index (χ0v) is 12.8. The monoisotopic (exact) mass is 304 g/mol. The Hall–Kier alpha value is -0.470. The van der Waals surface area contributed by atoms with Gasteiger partial charge in [-0.2, -0.15) is 0 Å². The van der Waals surface area contributed by atoms with Crippen LogP contribution in [0.3, 0.4) is 0 Å². The molecule has 1 aliphatic heterocycles. The van der Waals surface area contributed by atoms with E-state index in [1.54, 1.807) is 6.07 Å². The summed E-state index contributed by atoms with van der Waals surface area (Å²) in [6, 6.07) is 1.62. The zero-order chi connectivity index (χ0) is 14.0. The molecule has 1 aromatic rings. The minimum atomic E-state index is -3.45. The van der Waals surface area contributed by atoms with Crippen molar-refractivity contribution in [2.45, 2.75) is 50.3 Å². The molecular weight excluding hydrogens is 284 g/mol. The number of rotatable bonds is 4. The minimum absolute atomic E-state index is 0.0469. The fourth-order valence-electron chi connectivity index (χ4n) is 2.28. The second kappa shape index (κ2) is 5.88. The SMILES string of the molecule is Cc1sc(CN)cc1S(=O)(=O)NC1CCOC(C)C1. The molecule has 1 aliphatic rings. The molecule has 1 saturated heterocycles. The first-order valence-electron chi connectivity index (χ1n) is 6.35. The van der Waals surface area contributed by atoms with Crippen LogP contribution in [-0.2, 0) is 21.3 Å². The van der Waals surface area contributed by atoms with E-state index in [0.29, 0.717) is 24.5 Å². The second-order valence-electron chi connectivity index (χ2n) is 4.86. The third kappa shape index (κ3) is 3.55. The van der Waals surface area contributed by atoms with Gasteiger partial charge in [0.1, 0.15) is 0 Å². The Bertz CT molecular complexity index is 539. The summed E-state index contributed by atoms with van der Waals surface area (Å²) in [5.74, 6) is 0. The zero-order valence-electron chi connectivity index (χ0n) is 11.2. The quantitative estimate of drug-likeness (QED) is 0.880. The predicted molar refractivity (Wildman–Crippen MR) is 75.7 cm³/mol. The van der Waals surface area contributed by atoms with Crippen molar-refractivity contribution in [3.63, 3.8) is 0 Å². The lowest BCUT2D eigenvalue weighted by atomic mass is 10.1. The van der Waals surface area contributed by atoms with Crippen molar-refractivity contribution >= 4 is 21.4 Å². The fraction of sp³-hybridized carbons (Fsp3) is 0.667. The molecule has 19 heavy (non-hydrogen) atoms. The number of hydrogen-bond acceptors (Lipinski definition) is 5. The van der Waals surface area contributed by atoms with Crippen LogP contribution in [0.15, 0.2) is 11.0 Å². The van der Waals surface area contributed by atoms with E-state index in [9.17, 15) is 8.42 Å². The highest BCUT2D eigenvalue weighted by Crippen LogP contribution is 2.26. The average molecular weight is 304 g/mol. The van der Waals surface area contributed by atoms with Gasteiger partial charge in [0.25, 0.3) is 0 Å². The Balaban J connectivity index is 2.15. The van der Waals surface area contributed by atoms with Gasteiger partial charge in [0.2, 0.25) is 10.0 Å². The molecule has 0 spiro atoms. The fourth-order valence-corrected chi connectivity index (χ4v) is 5.08. The molecule has 1 fully saturated rings. The standard InChI is InChI=1S/C12H20N2O3S2/c1-8-5-10(3-4-17-8)14-19(15,16)12-6-11(7-13)18-9(12)2/h6,8,10,14H,3-5,7,13H2,1-2H3. The highest BCUT2D eigenvalue weighted by molar-refractivity contribution is 7.89. The van der Waals surface area contributed by atoms with Crippen molar-refractivity contribution in [1.82, 2.24) is 4.72 Å². The van der Waals surface area contributed by atoms with Gasteiger partial charge >= 0.3 is 0 Å². The maximum atomic E-state index is 12.4. The minimum Gasteiger partial charge on any atom is -0.378 e. The van der Waals surface area contributed by atoms with Crippen LogP contribution in [0, 0.1) is 6.92 Å². The Labute approximate surface area is 118 Å². The molecule has 0 bridgehead atoms. The summed E-state index contributed by atoms with van der Waals surface area (Å²) < 4.78 is 32.9. The van der Waals surface area contributed by atoms with Crippen LogP contribution in [-0.4, -0.2) is 27.2 Å². The molecule has 0 radical (unpaired) electrons. The second-order valence-corrected chi connectivity index (χ2v) is 7.88. The first-order valence-corrected chi connectivity index (χ1v) is 8.65. The first kappa shape index (κ1) is 14.9. The molecule has 2 atom stereocenters. The molecule has 2 unspecified atom stereocenters. The summed E-state index contributed by atoms with van der Waals surface area (Å²) in [6.45, 7) is 4.74. The van der Waals surface area contributed by atoms with E-state index in [0.717, 1.165) is 16.2 Å². The lowest BCUT2D eigenvalue weighted by molar-refractivity contribution is 0.0173. The van der Waals surface area contributed by atoms with Crippen LogP contribution in [0.5, 0.6) is 0 Å². The lowest BCUT2D eigenvalue weighted by Crippen LogP contribution is -2.41. The predicted octanol–water partition coefficient (Wildman–Crippen LogP) is 1.36. The Morgan fingerprint density at radius 2 is 2.32 bits per heavy atom. The van der Waals surface area contributed by atoms with E-state index < -0.39 is 10.0 Å². The van der Waals surface area contributed by atoms with Crippen LogP contribution >= 0.6 is 11.3 Å². The Kier molecular flexibility index (Phi) is 4.62. The van der Waals surface area contributed by atoms with Crippen molar-refractivity contribution < 1.29 is 13.2 Å². The summed E-state index contributed by atoms with van der Waals surface area (Å²) in [5.41, 5.74) is 5.56. The molecule has 0 saturated carbocycles. The van der Waals surface area contributed by atoms with Crippen LogP contribution < -0.4 is 10.5 Å². The largest absolute Gasteiger partial charge is 0.378 e. The van der Waals surface area contributed by atoms with Crippen LogP contribution in [0.2, 0.25) is 0 Å². The van der Waals surface area contributed by atoms with Crippen molar-refractivity contribution in [2.24, 2.45) is 5.73 Å². The number of ether oxygens (including phenoxy) is 1. The number of hydrogen-bond donors (Lipinski definition) is 2. The topological polar surface area (TPSA) is 81.4 Å². The Morgan fingerprint density at radius 3 is 2.89 bits per heavy atom. The maximum absolute atomic E-state index is 12.4. The van der Waals surface area contributed by atoms with Crippen molar-refractivity contribution in [2.75, 3.05) is 6.61 Å². The smallest absolute Gasteiger partial charge is 0.241 e. The van der Waals surface area contributed by atoms with Crippen LogP contribution in [0.25, 0.3) is 0 Å². The van der Waals surface area contributed by atoms with Gasteiger partial charge in [-0.05, 0) is 32.8 Å². The summed E-state index contributed by atoms with van der Waals surface area (Å²) in [6.07, 6.45) is 1.53. The van der Waals surface area contributed by atoms with E-state index in [-0.39, 0.29) is 12.1 Å². The molecule has 2 heterocycles. The molecule has 2 rings (SSSR count). The van der Waals surface area contributed by atoms with Crippen LogP contribution in [0.4, 0.5) is 0 Å². The lowest BCUT2D eigenvalue weighted by Gasteiger charge is -2.27. The van der Waals surface area contributed by atoms with Gasteiger partial charge < -0.3 is 10.5 Å². The van der Waals surface area contributed by atoms with Gasteiger partial charge in [-0.25, -0.2) is 13.1 Å². The van der Waals surface area contributed by atoms with Crippen LogP contribution in [0.1, 0.15) is 29.5 Å². The normalized spacial score (nSPS) is 24.6. The molecule has 0 aromatic carbocycles. The van der Waals surface area contributed by atoms with E-state index in [1.807, 2.05) is 13.8 Å². The van der Waals surface area contributed by atoms with E-state index in [2.05, 4.69) is 4.72 Å². The number of nitrogens with two attached hydrogens (primary N) is 1. The highest BCUT2D eigenvalue weighted by atomic mass is 32.2. The van der Waals surface area contributed by atoms with Crippen molar-refractivity contribution in [3.05, 3.63) is 15.8 Å². The molecule has 5 nitrogen and oxygen atoms in total. The van der Waals surface area contributed by atoms with E-state index in [1.165, 1.54) is 11.3 Å². The summed E-state index contributed by atoms with van der Waals surface area (Å²) in [4.78, 5) is 2.03. The molecule has 108 valence electrons. The number of thiophene rings is 1. The highest BCUT2D eigenvalue weighted by Gasteiger charge is 2.27. The molecule has 1 aromatic heterocycles. The third-order valence-electron chi connectivity index (χ3n) is 3.22. The number of aryl methyl sites for hydroxylation is 1. The summed E-state index contributed by atoms with van der Waals surface area (Å²) in [7, 11) is -3.45. The number of nitrogens with one attached hydrogen (secondary N) is 1. The van der Waals surface area contributed by atoms with Gasteiger partial charge in [0.15, 0.2) is 0 Å². The molecule has 3 N–H and O–H groups in total. The molecule has 0 aliphatic carbocycles. The van der Waals surface area contributed by atoms with Gasteiger partial charge in [-0.1, -0.05) is 0 Å². The average Bonchev–Trinajstić information content (AvgIpc) is 2.71. The van der Waals surface area contributed by atoms with Gasteiger partial charge in [0.05, 0.1) is 11.0 Å². The van der Waals surface area contributed by atoms with Gasteiger partial charge in [0, 0.05) is 28.9 Å². The van der Waals surface area contributed by atoms with E-state index >= 15 is 0 Å². The first-order chi connectivity index (χ1) is 8.92. The van der Waals surface area contributed by atoms with Crippen molar-refractivity contribution in [1.29, 1.82) is 0 Å². The van der Waals surface area contributed by atoms with E-state index in [4.69, 9.17) is 10.5 Å². The Morgan fingerprint density at radius 1 is 1.58 bits per heavy atom. The maximum Gasteiger partial charge on any atom is 0.241 e. The molecule has 0 amide bonds. The molecular formula is C12H20N2O3S2. The van der Waals surface area contributed by atoms with Gasteiger partial charge in [-0.15, -0.1) is 11.3 Å². The summed E-state index contributed by atoms with van der Waals surface area (Å²) in [5, 5.41) is 0. The summed E-state index contributed by atoms with van der Waals surface area (Å²) >= 11 is 1.43. The molecule has 7 heteroatoms. The van der Waals surface area contributed by atoms with Crippen molar-refractivity contribution in [3.8, 4) is 0 Å². The third-order valence-corrected chi connectivity index (χ3v) is 6.07. The number of sulfonamides is 1. The van der Waals surface area contributed by atoms with Gasteiger partial charge in [-0.3, -0.25) is 0 Å².